The van der Waals surface area contributed by atoms with Crippen molar-refractivity contribution in [3.63, 3.8) is 0 Å². The van der Waals surface area contributed by atoms with E-state index in [0.717, 1.165) is 44.2 Å². The summed E-state index contributed by atoms with van der Waals surface area (Å²) in [5.74, 6) is 0.584. The Labute approximate surface area is 162 Å². The maximum atomic E-state index is 13.2. The Morgan fingerprint density at radius 3 is 2.67 bits per heavy atom. The van der Waals surface area contributed by atoms with Gasteiger partial charge in [0.2, 0.25) is 0 Å². The summed E-state index contributed by atoms with van der Waals surface area (Å²) in [5, 5.41) is 6.52. The van der Waals surface area contributed by atoms with E-state index in [1.807, 2.05) is 6.07 Å². The minimum Gasteiger partial charge on any atom is -0.383 e. The van der Waals surface area contributed by atoms with Crippen molar-refractivity contribution >= 4 is 29.9 Å². The Hall–Kier alpha value is -0.930. The molecule has 0 bridgehead atoms. The van der Waals surface area contributed by atoms with Crippen molar-refractivity contribution in [1.29, 1.82) is 0 Å². The molecule has 0 aliphatic heterocycles. The molecule has 1 rings (SSSR count). The zero-order valence-corrected chi connectivity index (χ0v) is 17.4. The molecule has 2 N–H and O–H groups in total. The summed E-state index contributed by atoms with van der Waals surface area (Å²) in [6.07, 6.45) is 1.02. The summed E-state index contributed by atoms with van der Waals surface area (Å²) in [7, 11) is 5.55. The number of ether oxygens (including phenoxy) is 1. The first-order valence-electron chi connectivity index (χ1n) is 7.94. The van der Waals surface area contributed by atoms with Gasteiger partial charge in [-0.05, 0) is 44.1 Å². The third kappa shape index (κ3) is 9.39. The van der Waals surface area contributed by atoms with Gasteiger partial charge in [-0.1, -0.05) is 12.1 Å². The van der Waals surface area contributed by atoms with E-state index in [1.165, 1.54) is 6.07 Å². The van der Waals surface area contributed by atoms with Crippen LogP contribution in [0.3, 0.4) is 0 Å². The van der Waals surface area contributed by atoms with Gasteiger partial charge in [-0.15, -0.1) is 24.0 Å². The molecule has 0 aliphatic carbocycles. The van der Waals surface area contributed by atoms with Crippen molar-refractivity contribution in [2.75, 3.05) is 47.4 Å². The molecule has 0 atom stereocenters. The second-order valence-electron chi connectivity index (χ2n) is 5.59. The molecular formula is C17H30FIN4O. The molecule has 0 spiro atoms. The minimum atomic E-state index is -0.172. The van der Waals surface area contributed by atoms with E-state index in [4.69, 9.17) is 4.74 Å². The van der Waals surface area contributed by atoms with E-state index < -0.39 is 0 Å². The largest absolute Gasteiger partial charge is 0.383 e. The first kappa shape index (κ1) is 23.1. The van der Waals surface area contributed by atoms with Gasteiger partial charge in [0.25, 0.3) is 0 Å². The van der Waals surface area contributed by atoms with Crippen LogP contribution in [0.2, 0.25) is 0 Å². The minimum absolute atomic E-state index is 0. The highest BCUT2D eigenvalue weighted by molar-refractivity contribution is 14.0. The molecule has 0 saturated heterocycles. The molecule has 1 aromatic rings. The van der Waals surface area contributed by atoms with Gasteiger partial charge < -0.3 is 20.3 Å². The Bertz CT molecular complexity index is 499. The number of likely N-dealkylation sites (N-methyl/N-ethyl adjacent to an activating group) is 1. The topological polar surface area (TPSA) is 48.9 Å². The Morgan fingerprint density at radius 2 is 2.04 bits per heavy atom. The third-order valence-corrected chi connectivity index (χ3v) is 3.59. The van der Waals surface area contributed by atoms with E-state index in [9.17, 15) is 4.39 Å². The predicted molar refractivity (Wildman–Crippen MR) is 109 cm³/mol. The first-order chi connectivity index (χ1) is 11.1. The lowest BCUT2D eigenvalue weighted by Gasteiger charge is -2.17. The zero-order chi connectivity index (χ0) is 17.1. The van der Waals surface area contributed by atoms with Crippen LogP contribution >= 0.6 is 24.0 Å². The summed E-state index contributed by atoms with van der Waals surface area (Å²) in [5.41, 5.74) is 1.69. The molecule has 5 nitrogen and oxygen atoms in total. The van der Waals surface area contributed by atoms with Crippen LogP contribution in [0.1, 0.15) is 17.5 Å². The van der Waals surface area contributed by atoms with Crippen molar-refractivity contribution in [3.05, 3.63) is 35.1 Å². The molecule has 0 radical (unpaired) electrons. The molecule has 0 amide bonds. The summed E-state index contributed by atoms with van der Waals surface area (Å²) in [6, 6.07) is 5.13. The first-order valence-corrected chi connectivity index (χ1v) is 7.94. The Balaban J connectivity index is 0.00000529. The highest BCUT2D eigenvalue weighted by Crippen LogP contribution is 2.08. The van der Waals surface area contributed by atoms with Crippen LogP contribution in [0.4, 0.5) is 4.39 Å². The number of nitrogens with one attached hydrogen (secondary N) is 2. The van der Waals surface area contributed by atoms with Crippen LogP contribution in [0.15, 0.2) is 23.2 Å². The number of guanidine groups is 1. The molecular weight excluding hydrogens is 422 g/mol. The summed E-state index contributed by atoms with van der Waals surface area (Å²) >= 11 is 0. The summed E-state index contributed by atoms with van der Waals surface area (Å²) in [6.45, 7) is 5.93. The van der Waals surface area contributed by atoms with Crippen LogP contribution in [0.5, 0.6) is 0 Å². The highest BCUT2D eigenvalue weighted by atomic mass is 127. The molecule has 0 heterocycles. The van der Waals surface area contributed by atoms with E-state index in [0.29, 0.717) is 12.1 Å². The van der Waals surface area contributed by atoms with E-state index >= 15 is 0 Å². The SMILES string of the molecule is CN=C(NCCCN(C)CCOC)NCc1ccc(F)c(C)c1.I. The summed E-state index contributed by atoms with van der Waals surface area (Å²) < 4.78 is 18.3. The van der Waals surface area contributed by atoms with Crippen LogP contribution in [0, 0.1) is 12.7 Å². The van der Waals surface area contributed by atoms with Crippen molar-refractivity contribution in [1.82, 2.24) is 15.5 Å². The third-order valence-electron chi connectivity index (χ3n) is 3.59. The molecule has 1 aromatic carbocycles. The van der Waals surface area contributed by atoms with Gasteiger partial charge in [0.1, 0.15) is 5.82 Å². The quantitative estimate of drug-likeness (QED) is 0.262. The fraction of sp³-hybridized carbons (Fsp3) is 0.588. The van der Waals surface area contributed by atoms with Crippen molar-refractivity contribution in [2.24, 2.45) is 4.99 Å². The smallest absolute Gasteiger partial charge is 0.191 e. The van der Waals surface area contributed by atoms with Gasteiger partial charge in [0.15, 0.2) is 5.96 Å². The maximum Gasteiger partial charge on any atom is 0.191 e. The lowest BCUT2D eigenvalue weighted by molar-refractivity contribution is 0.161. The highest BCUT2D eigenvalue weighted by Gasteiger charge is 2.02. The van der Waals surface area contributed by atoms with Crippen LogP contribution < -0.4 is 10.6 Å². The van der Waals surface area contributed by atoms with E-state index in [2.05, 4.69) is 27.6 Å². The molecule has 7 heteroatoms. The average Bonchev–Trinajstić information content (AvgIpc) is 2.55. The molecule has 0 saturated carbocycles. The van der Waals surface area contributed by atoms with Crippen LogP contribution in [-0.2, 0) is 11.3 Å². The zero-order valence-electron chi connectivity index (χ0n) is 15.1. The second-order valence-corrected chi connectivity index (χ2v) is 5.59. The number of aliphatic imine (C=N–C) groups is 1. The standard InChI is InChI=1S/C17H29FN4O.HI/c1-14-12-15(6-7-16(14)18)13-21-17(19-2)20-8-5-9-22(3)10-11-23-4;/h6-7,12H,5,8-11,13H2,1-4H3,(H2,19,20,21);1H. The number of methoxy groups -OCH3 is 1. The predicted octanol–water partition coefficient (Wildman–Crippen LogP) is 2.39. The van der Waals surface area contributed by atoms with E-state index in [-0.39, 0.29) is 29.8 Å². The molecule has 0 fully saturated rings. The van der Waals surface area contributed by atoms with Crippen molar-refractivity contribution < 1.29 is 9.13 Å². The number of hydrogen-bond donors (Lipinski definition) is 2. The van der Waals surface area contributed by atoms with Crippen molar-refractivity contribution in [3.8, 4) is 0 Å². The maximum absolute atomic E-state index is 13.2. The average molecular weight is 452 g/mol. The molecule has 0 aromatic heterocycles. The van der Waals surface area contributed by atoms with Gasteiger partial charge in [-0.2, -0.15) is 0 Å². The monoisotopic (exact) mass is 452 g/mol. The van der Waals surface area contributed by atoms with Gasteiger partial charge >= 0.3 is 0 Å². The molecule has 138 valence electrons. The van der Waals surface area contributed by atoms with Crippen LogP contribution in [0.25, 0.3) is 0 Å². The molecule has 24 heavy (non-hydrogen) atoms. The number of rotatable bonds is 9. The van der Waals surface area contributed by atoms with E-state index in [1.54, 1.807) is 27.1 Å². The van der Waals surface area contributed by atoms with Crippen molar-refractivity contribution in [2.45, 2.75) is 19.9 Å². The fourth-order valence-electron chi connectivity index (χ4n) is 2.14. The van der Waals surface area contributed by atoms with Gasteiger partial charge in [-0.3, -0.25) is 4.99 Å². The summed E-state index contributed by atoms with van der Waals surface area (Å²) in [4.78, 5) is 6.43. The normalized spacial score (nSPS) is 11.3. The number of hydrogen-bond acceptors (Lipinski definition) is 3. The fourth-order valence-corrected chi connectivity index (χ4v) is 2.14. The van der Waals surface area contributed by atoms with Gasteiger partial charge in [-0.25, -0.2) is 4.39 Å². The Morgan fingerprint density at radius 1 is 1.29 bits per heavy atom. The van der Waals surface area contributed by atoms with Crippen LogP contribution in [-0.4, -0.2) is 58.3 Å². The number of benzene rings is 1. The second kappa shape index (κ2) is 13.4. The molecule has 0 unspecified atom stereocenters. The molecule has 0 aliphatic rings. The number of halogens is 2. The lowest BCUT2D eigenvalue weighted by Crippen LogP contribution is -2.38. The number of nitrogens with zero attached hydrogens (tertiary/aromatic N) is 2. The van der Waals surface area contributed by atoms with Gasteiger partial charge in [0.05, 0.1) is 6.61 Å². The number of aryl methyl sites for hydroxylation is 1. The lowest BCUT2D eigenvalue weighted by atomic mass is 10.1. The van der Waals surface area contributed by atoms with Gasteiger partial charge in [0, 0.05) is 33.8 Å². The Kier molecular flexibility index (Phi) is 12.9.